The van der Waals surface area contributed by atoms with Gasteiger partial charge in [-0.25, -0.2) is 4.79 Å². The van der Waals surface area contributed by atoms with Crippen LogP contribution in [0.5, 0.6) is 0 Å². The molecule has 100 heavy (non-hydrogen) atoms. The maximum atomic E-state index is 12.9. The summed E-state index contributed by atoms with van der Waals surface area (Å²) < 4.78 is 19.5. The van der Waals surface area contributed by atoms with E-state index in [1.165, 1.54) is 163 Å². The molecule has 3 atom stereocenters. The first-order valence-electron chi connectivity index (χ1n) is 39.1. The van der Waals surface area contributed by atoms with Crippen molar-refractivity contribution in [2.75, 3.05) is 85.2 Å². The molecule has 14 heteroatoms. The van der Waals surface area contributed by atoms with Crippen LogP contribution >= 0.6 is 0 Å². The van der Waals surface area contributed by atoms with Crippen LogP contribution in [0.15, 0.2) is 109 Å². The molecule has 1 aromatic heterocycles. The average Bonchev–Trinajstić information content (AvgIpc) is 0.808. The van der Waals surface area contributed by atoms with Crippen molar-refractivity contribution in [1.82, 2.24) is 40.0 Å². The van der Waals surface area contributed by atoms with Gasteiger partial charge in [-0.3, -0.25) is 14.3 Å². The van der Waals surface area contributed by atoms with E-state index in [1.54, 1.807) is 4.68 Å². The number of rotatable bonds is 15. The Bertz CT molecular complexity index is 3430. The summed E-state index contributed by atoms with van der Waals surface area (Å²) >= 11 is 0. The standard InChI is InChI=1S/C33H46N2O3.C27H42N2O2.C26H38N4O.2H2/c1-32(2,3)17-22-34-23-18-33(19-24-34)16-13-30(28-11-7-8-12-29(28)33)38-27-14-20-35(21-15-27)31(36)37-25-26-9-5-4-6-10-26;1-26(2,3)12-15-29-16-13-27(14-17-29)11-8-24(22-6-4-5-7-23(22)27)28-25(30)20-21-9-18-31-19-10-21;1-19-18-23(28-29(19)5)24(31)27-22-10-11-26(21-9-7-6-8-20(21)22)13-16-30(17-14-26)15-12-25(2,3)4;;/h4-12,27,30H,13-25H2,1-3H3;4-7,21,24H,8-20H2,1-3H3,(H,28,30);6-9,18,22H,10-17H2,1-5H3,(H,27,31);2*1H/t;24-;22-;;/m.10../s1. The lowest BCUT2D eigenvalue weighted by Crippen LogP contribution is -2.46. The van der Waals surface area contributed by atoms with Crippen LogP contribution in [0.4, 0.5) is 4.79 Å². The molecular formula is C86H130N8O6. The summed E-state index contributed by atoms with van der Waals surface area (Å²) in [5, 5.41) is 11.0. The van der Waals surface area contributed by atoms with Gasteiger partial charge in [0.15, 0.2) is 0 Å². The Morgan fingerprint density at radius 1 is 0.530 bits per heavy atom. The van der Waals surface area contributed by atoms with Crippen molar-refractivity contribution < 1.29 is 31.4 Å². The van der Waals surface area contributed by atoms with Crippen molar-refractivity contribution >= 4 is 17.9 Å². The molecule has 0 bridgehead atoms. The second-order valence-electron chi connectivity index (χ2n) is 35.2. The van der Waals surface area contributed by atoms with Gasteiger partial charge in [-0.15, -0.1) is 0 Å². The molecule has 14 nitrogen and oxygen atoms in total. The van der Waals surface area contributed by atoms with E-state index < -0.39 is 0 Å². The molecule has 8 aliphatic rings. The molecule has 4 aromatic carbocycles. The Kier molecular flexibility index (Phi) is 25.0. The number of aromatic nitrogens is 2. The zero-order valence-corrected chi connectivity index (χ0v) is 63.5. The lowest BCUT2D eigenvalue weighted by atomic mass is 9.63. The van der Waals surface area contributed by atoms with Crippen LogP contribution in [-0.2, 0) is 48.9 Å². The predicted octanol–water partition coefficient (Wildman–Crippen LogP) is 17.6. The van der Waals surface area contributed by atoms with E-state index in [9.17, 15) is 14.4 Å². The molecule has 5 aromatic rings. The number of amides is 3. The molecule has 5 fully saturated rings. The van der Waals surface area contributed by atoms with E-state index in [4.69, 9.17) is 14.2 Å². The van der Waals surface area contributed by atoms with Crippen molar-refractivity contribution in [2.45, 2.75) is 245 Å². The number of piperidine rings is 4. The van der Waals surface area contributed by atoms with Gasteiger partial charge in [-0.1, -0.05) is 165 Å². The fourth-order valence-corrected chi connectivity index (χ4v) is 17.6. The number of hydrogen-bond acceptors (Lipinski definition) is 10. The molecule has 13 rings (SSSR count). The molecular weight excluding hydrogens is 1240 g/mol. The predicted molar refractivity (Wildman–Crippen MR) is 408 cm³/mol. The van der Waals surface area contributed by atoms with Gasteiger partial charge in [0.05, 0.1) is 24.3 Å². The first-order valence-corrected chi connectivity index (χ1v) is 39.1. The molecule has 2 N–H and O–H groups in total. The van der Waals surface area contributed by atoms with E-state index in [0.29, 0.717) is 64.8 Å². The van der Waals surface area contributed by atoms with Crippen LogP contribution in [0, 0.1) is 29.1 Å². The number of ether oxygens (including phenoxy) is 3. The second kappa shape index (κ2) is 33.3. The first kappa shape index (κ1) is 75.3. The van der Waals surface area contributed by atoms with Crippen molar-refractivity contribution in [2.24, 2.45) is 29.2 Å². The third-order valence-electron chi connectivity index (χ3n) is 24.4. The van der Waals surface area contributed by atoms with Gasteiger partial charge in [0, 0.05) is 48.3 Å². The van der Waals surface area contributed by atoms with Gasteiger partial charge in [-0.05, 0) is 271 Å². The minimum atomic E-state index is -0.217. The summed E-state index contributed by atoms with van der Waals surface area (Å²) in [4.78, 5) is 48.1. The van der Waals surface area contributed by atoms with Gasteiger partial charge >= 0.3 is 6.09 Å². The van der Waals surface area contributed by atoms with Gasteiger partial charge in [0.1, 0.15) is 12.3 Å². The largest absolute Gasteiger partial charge is 0.445 e. The minimum absolute atomic E-state index is 0. The topological polar surface area (TPSA) is 134 Å². The van der Waals surface area contributed by atoms with Gasteiger partial charge in [0.2, 0.25) is 5.91 Å². The average molecular weight is 1370 g/mol. The normalized spacial score (nSPS) is 22.7. The number of hydrogen-bond donors (Lipinski definition) is 2. The van der Waals surface area contributed by atoms with Crippen LogP contribution < -0.4 is 10.6 Å². The molecule has 5 aliphatic heterocycles. The Morgan fingerprint density at radius 2 is 0.960 bits per heavy atom. The highest BCUT2D eigenvalue weighted by atomic mass is 16.6. The molecule has 3 aliphatic carbocycles. The van der Waals surface area contributed by atoms with Crippen molar-refractivity contribution in [3.8, 4) is 0 Å². The lowest BCUT2D eigenvalue weighted by Gasteiger charge is -2.48. The monoisotopic (exact) mass is 1370 g/mol. The van der Waals surface area contributed by atoms with Crippen LogP contribution in [0.3, 0.4) is 0 Å². The molecule has 3 spiro atoms. The molecule has 5 saturated heterocycles. The van der Waals surface area contributed by atoms with Crippen LogP contribution in [0.2, 0.25) is 0 Å². The molecule has 550 valence electrons. The maximum absolute atomic E-state index is 12.9. The highest BCUT2D eigenvalue weighted by molar-refractivity contribution is 5.92. The van der Waals surface area contributed by atoms with Crippen LogP contribution in [0.1, 0.15) is 267 Å². The van der Waals surface area contributed by atoms with Gasteiger partial charge in [0.25, 0.3) is 5.91 Å². The van der Waals surface area contributed by atoms with E-state index in [2.05, 4.69) is 166 Å². The van der Waals surface area contributed by atoms with Crippen molar-refractivity contribution in [1.29, 1.82) is 0 Å². The smallest absolute Gasteiger partial charge is 0.410 e. The number of benzene rings is 4. The van der Waals surface area contributed by atoms with E-state index in [0.717, 1.165) is 75.8 Å². The molecule has 3 amide bonds. The maximum Gasteiger partial charge on any atom is 0.410 e. The van der Waals surface area contributed by atoms with E-state index in [1.807, 2.05) is 55.3 Å². The summed E-state index contributed by atoms with van der Waals surface area (Å²) in [5.41, 5.74) is 13.2. The zero-order valence-electron chi connectivity index (χ0n) is 63.5. The zero-order chi connectivity index (χ0) is 70.7. The molecule has 6 heterocycles. The van der Waals surface area contributed by atoms with Crippen LogP contribution in [0.25, 0.3) is 0 Å². The summed E-state index contributed by atoms with van der Waals surface area (Å²) in [6.45, 7) is 37.1. The van der Waals surface area contributed by atoms with Gasteiger partial charge < -0.3 is 44.4 Å². The number of carbonyl (C=O) groups excluding carboxylic acids is 3. The van der Waals surface area contributed by atoms with E-state index in [-0.39, 0.29) is 50.5 Å². The Morgan fingerprint density at radius 3 is 1.42 bits per heavy atom. The van der Waals surface area contributed by atoms with Gasteiger partial charge in [-0.2, -0.15) is 5.10 Å². The SMILES string of the molecule is CC(C)(C)CCN1CCC2(CCC(OC3CCN(C(=O)OCc4ccccc4)CC3)c3ccccc32)CC1.CC(C)(C)CCN1CCC2(CC[C@@H](NC(=O)CC3CCOCC3)c3ccccc32)CC1.Cc1cc(C(=O)N[C@H]2CCC3(CCN(CCC(C)(C)C)CC3)c3ccccc32)nn1C.[HH].[HH]. The summed E-state index contributed by atoms with van der Waals surface area (Å²) in [6.07, 6.45) is 22.5. The quantitative estimate of drug-likeness (QED) is 0.104. The fourth-order valence-electron chi connectivity index (χ4n) is 17.6. The number of fused-ring (bicyclic) bond motifs is 6. The van der Waals surface area contributed by atoms with Crippen molar-refractivity contribution in [3.05, 3.63) is 160 Å². The lowest BCUT2D eigenvalue weighted by molar-refractivity contribution is -0.123. The minimum Gasteiger partial charge on any atom is -0.445 e. The number of aryl methyl sites for hydroxylation is 2. The third-order valence-corrected chi connectivity index (χ3v) is 24.4. The highest BCUT2D eigenvalue weighted by Gasteiger charge is 2.46. The number of likely N-dealkylation sites (tertiary alicyclic amines) is 4. The first-order chi connectivity index (χ1) is 47.8. The Balaban J connectivity index is 0.000000178. The highest BCUT2D eigenvalue weighted by Crippen LogP contribution is 2.52. The fraction of sp³-hybridized carbons (Fsp3) is 0.651. The van der Waals surface area contributed by atoms with Crippen molar-refractivity contribution in [3.63, 3.8) is 0 Å². The van der Waals surface area contributed by atoms with E-state index >= 15 is 0 Å². The number of carbonyl (C=O) groups is 3. The summed E-state index contributed by atoms with van der Waals surface area (Å²) in [5.74, 6) is 0.632. The number of nitrogens with one attached hydrogen (secondary N) is 2. The summed E-state index contributed by atoms with van der Waals surface area (Å²) in [6, 6.07) is 38.8. The second-order valence-corrected chi connectivity index (χ2v) is 35.2. The Labute approximate surface area is 605 Å². The molecule has 0 saturated carbocycles. The molecule has 1 unspecified atom stereocenters. The third kappa shape index (κ3) is 19.9. The molecule has 0 radical (unpaired) electrons. The summed E-state index contributed by atoms with van der Waals surface area (Å²) in [7, 11) is 1.87. The van der Waals surface area contributed by atoms with Crippen LogP contribution in [-0.4, -0.2) is 139 Å². The Hall–Kier alpha value is -5.90. The number of nitrogens with zero attached hydrogens (tertiary/aromatic N) is 6.